The molecule has 19 heavy (non-hydrogen) atoms. The molecule has 0 bridgehead atoms. The first kappa shape index (κ1) is 13.3. The van der Waals surface area contributed by atoms with Gasteiger partial charge in [0.2, 0.25) is 5.91 Å². The lowest BCUT2D eigenvalue weighted by atomic mass is 10.1. The summed E-state index contributed by atoms with van der Waals surface area (Å²) >= 11 is 3.30. The molecule has 0 aromatic heterocycles. The van der Waals surface area contributed by atoms with Gasteiger partial charge in [-0.15, -0.1) is 0 Å². The summed E-state index contributed by atoms with van der Waals surface area (Å²) < 4.78 is 0.903. The summed E-state index contributed by atoms with van der Waals surface area (Å²) in [5, 5.41) is 2.71. The zero-order chi connectivity index (χ0) is 13.8. The van der Waals surface area contributed by atoms with Crippen LogP contribution in [-0.2, 0) is 0 Å². The zero-order valence-electron chi connectivity index (χ0n) is 9.89. The molecule has 0 heterocycles. The molecule has 3 N–H and O–H groups in total. The SMILES string of the molecule is NC(=O)c1cccc(NC(=O)c2ccc(Br)cc2)c1. The Morgan fingerprint density at radius 3 is 2.32 bits per heavy atom. The summed E-state index contributed by atoms with van der Waals surface area (Å²) in [4.78, 5) is 23.0. The molecule has 0 saturated heterocycles. The summed E-state index contributed by atoms with van der Waals surface area (Å²) in [7, 11) is 0. The van der Waals surface area contributed by atoms with Crippen LogP contribution < -0.4 is 11.1 Å². The molecular weight excluding hydrogens is 308 g/mol. The molecule has 2 aromatic carbocycles. The monoisotopic (exact) mass is 318 g/mol. The molecule has 2 aromatic rings. The predicted molar refractivity (Wildman–Crippen MR) is 77.1 cm³/mol. The molecule has 5 heteroatoms. The van der Waals surface area contributed by atoms with E-state index in [1.807, 2.05) is 0 Å². The molecule has 0 fully saturated rings. The molecule has 0 atom stereocenters. The first-order chi connectivity index (χ1) is 9.06. The molecule has 2 amide bonds. The Balaban J connectivity index is 2.17. The summed E-state index contributed by atoms with van der Waals surface area (Å²) in [6, 6.07) is 13.5. The lowest BCUT2D eigenvalue weighted by molar-refractivity contribution is 0.0996. The minimum absolute atomic E-state index is 0.242. The number of amides is 2. The van der Waals surface area contributed by atoms with Crippen LogP contribution in [0.1, 0.15) is 20.7 Å². The van der Waals surface area contributed by atoms with E-state index < -0.39 is 5.91 Å². The van der Waals surface area contributed by atoms with Gasteiger partial charge in [0.05, 0.1) is 0 Å². The number of benzene rings is 2. The summed E-state index contributed by atoms with van der Waals surface area (Å²) in [5.74, 6) is -0.770. The highest BCUT2D eigenvalue weighted by Crippen LogP contribution is 2.14. The van der Waals surface area contributed by atoms with E-state index >= 15 is 0 Å². The standard InChI is InChI=1S/C14H11BrN2O2/c15-11-6-4-9(5-7-11)14(19)17-12-3-1-2-10(8-12)13(16)18/h1-8H,(H2,16,18)(H,17,19). The number of primary amides is 1. The number of halogens is 1. The van der Waals surface area contributed by atoms with Gasteiger partial charge < -0.3 is 11.1 Å². The van der Waals surface area contributed by atoms with E-state index in [9.17, 15) is 9.59 Å². The minimum atomic E-state index is -0.528. The van der Waals surface area contributed by atoms with Crippen molar-refractivity contribution in [3.8, 4) is 0 Å². The van der Waals surface area contributed by atoms with Crippen molar-refractivity contribution in [2.24, 2.45) is 5.73 Å². The third kappa shape index (κ3) is 3.42. The van der Waals surface area contributed by atoms with Crippen LogP contribution in [0.15, 0.2) is 53.0 Å². The van der Waals surface area contributed by atoms with Crippen molar-refractivity contribution in [1.29, 1.82) is 0 Å². The Morgan fingerprint density at radius 1 is 1.00 bits per heavy atom. The van der Waals surface area contributed by atoms with Crippen molar-refractivity contribution < 1.29 is 9.59 Å². The van der Waals surface area contributed by atoms with E-state index in [2.05, 4.69) is 21.2 Å². The molecule has 0 aliphatic rings. The third-order valence-electron chi connectivity index (χ3n) is 2.51. The molecule has 0 aliphatic heterocycles. The Labute approximate surface area is 118 Å². The Kier molecular flexibility index (Phi) is 3.97. The molecular formula is C14H11BrN2O2. The smallest absolute Gasteiger partial charge is 0.255 e. The van der Waals surface area contributed by atoms with Crippen LogP contribution >= 0.6 is 15.9 Å². The number of carbonyl (C=O) groups is 2. The van der Waals surface area contributed by atoms with Crippen LogP contribution in [0.2, 0.25) is 0 Å². The Morgan fingerprint density at radius 2 is 1.68 bits per heavy atom. The van der Waals surface area contributed by atoms with Crippen LogP contribution in [0.3, 0.4) is 0 Å². The van der Waals surface area contributed by atoms with Crippen LogP contribution in [0.25, 0.3) is 0 Å². The van der Waals surface area contributed by atoms with Crippen LogP contribution in [0.4, 0.5) is 5.69 Å². The number of anilines is 1. The maximum absolute atomic E-state index is 12.0. The van der Waals surface area contributed by atoms with Crippen molar-refractivity contribution in [2.75, 3.05) is 5.32 Å². The highest BCUT2D eigenvalue weighted by atomic mass is 79.9. The average Bonchev–Trinajstić information content (AvgIpc) is 2.39. The van der Waals surface area contributed by atoms with E-state index in [0.717, 1.165) is 4.47 Å². The lowest BCUT2D eigenvalue weighted by Crippen LogP contribution is -2.14. The molecule has 0 saturated carbocycles. The Hall–Kier alpha value is -2.14. The average molecular weight is 319 g/mol. The topological polar surface area (TPSA) is 72.2 Å². The second kappa shape index (κ2) is 5.67. The van der Waals surface area contributed by atoms with E-state index in [1.54, 1.807) is 48.5 Å². The maximum atomic E-state index is 12.0. The Bertz CT molecular complexity index is 624. The predicted octanol–water partition coefficient (Wildman–Crippen LogP) is 2.80. The summed E-state index contributed by atoms with van der Waals surface area (Å²) in [5.41, 5.74) is 6.61. The first-order valence-electron chi connectivity index (χ1n) is 5.53. The van der Waals surface area contributed by atoms with Gasteiger partial charge in [0.1, 0.15) is 0 Å². The van der Waals surface area contributed by atoms with E-state index in [-0.39, 0.29) is 5.91 Å². The largest absolute Gasteiger partial charge is 0.366 e. The second-order valence-electron chi connectivity index (χ2n) is 3.91. The van der Waals surface area contributed by atoms with Gasteiger partial charge in [-0.25, -0.2) is 0 Å². The zero-order valence-corrected chi connectivity index (χ0v) is 11.5. The number of hydrogen-bond acceptors (Lipinski definition) is 2. The van der Waals surface area contributed by atoms with Crippen LogP contribution in [-0.4, -0.2) is 11.8 Å². The van der Waals surface area contributed by atoms with Gasteiger partial charge in [0.25, 0.3) is 5.91 Å². The van der Waals surface area contributed by atoms with Gasteiger partial charge in [0, 0.05) is 21.3 Å². The summed E-state index contributed by atoms with van der Waals surface area (Å²) in [6.45, 7) is 0. The van der Waals surface area contributed by atoms with Gasteiger partial charge in [-0.2, -0.15) is 0 Å². The lowest BCUT2D eigenvalue weighted by Gasteiger charge is -2.06. The van der Waals surface area contributed by atoms with Crippen molar-refractivity contribution in [1.82, 2.24) is 0 Å². The van der Waals surface area contributed by atoms with Gasteiger partial charge in [0.15, 0.2) is 0 Å². The maximum Gasteiger partial charge on any atom is 0.255 e. The van der Waals surface area contributed by atoms with E-state index in [0.29, 0.717) is 16.8 Å². The highest BCUT2D eigenvalue weighted by molar-refractivity contribution is 9.10. The molecule has 0 spiro atoms. The van der Waals surface area contributed by atoms with Gasteiger partial charge in [-0.05, 0) is 42.5 Å². The number of rotatable bonds is 3. The minimum Gasteiger partial charge on any atom is -0.366 e. The number of nitrogens with one attached hydrogen (secondary N) is 1. The third-order valence-corrected chi connectivity index (χ3v) is 3.04. The van der Waals surface area contributed by atoms with Crippen LogP contribution in [0, 0.1) is 0 Å². The van der Waals surface area contributed by atoms with Crippen molar-refractivity contribution >= 4 is 33.4 Å². The quantitative estimate of drug-likeness (QED) is 0.913. The fourth-order valence-corrected chi connectivity index (χ4v) is 1.82. The fraction of sp³-hybridized carbons (Fsp3) is 0. The number of hydrogen-bond donors (Lipinski definition) is 2. The number of carbonyl (C=O) groups excluding carboxylic acids is 2. The van der Waals surface area contributed by atoms with Gasteiger partial charge in [-0.3, -0.25) is 9.59 Å². The molecule has 96 valence electrons. The van der Waals surface area contributed by atoms with Crippen molar-refractivity contribution in [3.05, 3.63) is 64.1 Å². The van der Waals surface area contributed by atoms with E-state index in [4.69, 9.17) is 5.73 Å². The van der Waals surface area contributed by atoms with Crippen molar-refractivity contribution in [2.45, 2.75) is 0 Å². The number of nitrogens with two attached hydrogens (primary N) is 1. The normalized spacial score (nSPS) is 9.95. The first-order valence-corrected chi connectivity index (χ1v) is 6.32. The second-order valence-corrected chi connectivity index (χ2v) is 4.82. The molecule has 0 aliphatic carbocycles. The molecule has 0 radical (unpaired) electrons. The van der Waals surface area contributed by atoms with Gasteiger partial charge in [-0.1, -0.05) is 22.0 Å². The fourth-order valence-electron chi connectivity index (χ4n) is 1.55. The van der Waals surface area contributed by atoms with Gasteiger partial charge >= 0.3 is 0 Å². The van der Waals surface area contributed by atoms with Crippen molar-refractivity contribution in [3.63, 3.8) is 0 Å². The van der Waals surface area contributed by atoms with E-state index in [1.165, 1.54) is 0 Å². The molecule has 4 nitrogen and oxygen atoms in total. The highest BCUT2D eigenvalue weighted by Gasteiger charge is 2.07. The molecule has 0 unspecified atom stereocenters. The molecule has 2 rings (SSSR count). The summed E-state index contributed by atoms with van der Waals surface area (Å²) in [6.07, 6.45) is 0. The van der Waals surface area contributed by atoms with Crippen LogP contribution in [0.5, 0.6) is 0 Å².